The van der Waals surface area contributed by atoms with Crippen LogP contribution in [-0.2, 0) is 19.4 Å². The van der Waals surface area contributed by atoms with Gasteiger partial charge in [0.25, 0.3) is 15.7 Å². The lowest BCUT2D eigenvalue weighted by atomic mass is 9.87. The molecule has 5 rings (SSSR count). The van der Waals surface area contributed by atoms with E-state index in [1.807, 2.05) is 6.08 Å². The van der Waals surface area contributed by atoms with Crippen molar-refractivity contribution in [2.45, 2.75) is 49.2 Å². The Kier molecular flexibility index (Phi) is 9.36. The van der Waals surface area contributed by atoms with Crippen LogP contribution >= 0.6 is 0 Å². The molecule has 260 valence electrons. The number of nitrogens with one attached hydrogen (secondary N) is 2. The Bertz CT molecular complexity index is 1950. The lowest BCUT2D eigenvalue weighted by Crippen LogP contribution is -2.47. The van der Waals surface area contributed by atoms with Gasteiger partial charge in [0.2, 0.25) is 5.91 Å². The van der Waals surface area contributed by atoms with Crippen molar-refractivity contribution in [1.29, 1.82) is 0 Å². The summed E-state index contributed by atoms with van der Waals surface area (Å²) in [7, 11) is -4.81. The molecule has 15 heteroatoms. The normalized spacial score (nSPS) is 20.2. The van der Waals surface area contributed by atoms with Crippen LogP contribution in [0.15, 0.2) is 71.6 Å². The molecule has 2 aliphatic rings. The summed E-state index contributed by atoms with van der Waals surface area (Å²) < 4.78 is 103. The maximum absolute atomic E-state index is 15.3. The number of fused-ring (bicyclic) bond motifs is 2. The molecule has 0 spiro atoms. The Hall–Kier alpha value is -4.79. The van der Waals surface area contributed by atoms with Gasteiger partial charge >= 0.3 is 11.5 Å². The van der Waals surface area contributed by atoms with E-state index in [4.69, 9.17) is 9.47 Å². The molecule has 4 atom stereocenters. The zero-order chi connectivity index (χ0) is 36.1. The maximum atomic E-state index is 15.3. The number of ether oxygens (including phenoxy) is 2. The molecule has 0 saturated heterocycles. The molecule has 2 N–H and O–H groups in total. The topological polar surface area (TPSA) is 128 Å². The predicted octanol–water partition coefficient (Wildman–Crippen LogP) is 6.45. The van der Waals surface area contributed by atoms with Crippen LogP contribution in [0.3, 0.4) is 0 Å². The molecule has 2 bridgehead atoms. The summed E-state index contributed by atoms with van der Waals surface area (Å²) in [6.45, 7) is 5.16. The van der Waals surface area contributed by atoms with E-state index >= 15 is 4.39 Å². The first kappa shape index (κ1) is 35.5. The smallest absolute Gasteiger partial charge is 0.496 e. The zero-order valence-corrected chi connectivity index (χ0v) is 27.3. The Balaban J connectivity index is 1.39. The first-order valence-corrected chi connectivity index (χ1v) is 16.4. The highest BCUT2D eigenvalue weighted by atomic mass is 32.2. The largest absolute Gasteiger partial charge is 0.502 e. The molecule has 1 fully saturated rings. The van der Waals surface area contributed by atoms with Gasteiger partial charge in [0, 0.05) is 23.4 Å². The van der Waals surface area contributed by atoms with Crippen LogP contribution < -0.4 is 15.4 Å². The second-order valence-corrected chi connectivity index (χ2v) is 14.6. The Labute approximate surface area is 278 Å². The number of anilines is 1. The molecule has 3 aromatic rings. The van der Waals surface area contributed by atoms with Crippen LogP contribution in [0.1, 0.15) is 47.9 Å². The predicted molar refractivity (Wildman–Crippen MR) is 167 cm³/mol. The number of halogens is 5. The molecule has 0 aromatic heterocycles. The third-order valence-electron chi connectivity index (χ3n) is 8.22. The summed E-state index contributed by atoms with van der Waals surface area (Å²) in [6, 6.07) is 9.18. The molecule has 9 nitrogen and oxygen atoms in total. The number of benzene rings is 3. The highest BCUT2D eigenvalue weighted by Crippen LogP contribution is 2.45. The molecule has 0 heterocycles. The van der Waals surface area contributed by atoms with E-state index in [0.29, 0.717) is 24.1 Å². The van der Waals surface area contributed by atoms with Crippen molar-refractivity contribution in [3.8, 4) is 16.9 Å². The minimum absolute atomic E-state index is 0.0183. The van der Waals surface area contributed by atoms with Crippen molar-refractivity contribution < 1.29 is 54.2 Å². The van der Waals surface area contributed by atoms with Crippen molar-refractivity contribution in [2.75, 3.05) is 12.4 Å². The summed E-state index contributed by atoms with van der Waals surface area (Å²) in [4.78, 5) is 37.9. The second-order valence-electron chi connectivity index (χ2n) is 12.7. The highest BCUT2D eigenvalue weighted by molar-refractivity contribution is 7.92. The number of allylic oxidation sites excluding steroid dienone is 1. The van der Waals surface area contributed by atoms with E-state index in [9.17, 15) is 40.4 Å². The average molecular weight is 707 g/mol. The fourth-order valence-corrected chi connectivity index (χ4v) is 6.84. The average Bonchev–Trinajstić information content (AvgIpc) is 3.62. The van der Waals surface area contributed by atoms with Gasteiger partial charge in [-0.15, -0.1) is 0 Å². The molecule has 1 saturated carbocycles. The Morgan fingerprint density at radius 3 is 2.14 bits per heavy atom. The Morgan fingerprint density at radius 1 is 0.878 bits per heavy atom. The van der Waals surface area contributed by atoms with Crippen molar-refractivity contribution >= 4 is 33.3 Å². The fourth-order valence-electron chi connectivity index (χ4n) is 5.99. The summed E-state index contributed by atoms with van der Waals surface area (Å²) in [5.41, 5.74) is -6.36. The summed E-state index contributed by atoms with van der Waals surface area (Å²) >= 11 is 0. The number of carbonyl (C=O) groups is 3. The van der Waals surface area contributed by atoms with Gasteiger partial charge in [0.05, 0.1) is 24.2 Å². The van der Waals surface area contributed by atoms with Crippen LogP contribution in [0.25, 0.3) is 11.1 Å². The van der Waals surface area contributed by atoms with Gasteiger partial charge in [-0.1, -0.05) is 24.3 Å². The number of hydrogen-bond donors (Lipinski definition) is 2. The molecule has 0 unspecified atom stereocenters. The second kappa shape index (κ2) is 12.9. The molecular weight excluding hydrogens is 675 g/mol. The van der Waals surface area contributed by atoms with Gasteiger partial charge in [-0.2, -0.15) is 13.2 Å². The first-order valence-electron chi connectivity index (χ1n) is 14.9. The highest BCUT2D eigenvalue weighted by Gasteiger charge is 2.50. The Morgan fingerprint density at radius 2 is 1.53 bits per heavy atom. The molecule has 2 amide bonds. The third kappa shape index (κ3) is 7.16. The first-order chi connectivity index (χ1) is 22.8. The number of esters is 1. The van der Waals surface area contributed by atoms with Gasteiger partial charge in [-0.3, -0.25) is 9.59 Å². The van der Waals surface area contributed by atoms with Crippen LogP contribution in [0.5, 0.6) is 5.75 Å². The van der Waals surface area contributed by atoms with E-state index in [2.05, 4.69) is 10.6 Å². The summed E-state index contributed by atoms with van der Waals surface area (Å²) in [5, 5.41) is 5.17. The van der Waals surface area contributed by atoms with Crippen LogP contribution in [0.2, 0.25) is 0 Å². The molecule has 49 heavy (non-hydrogen) atoms. The number of sulfone groups is 1. The van der Waals surface area contributed by atoms with Crippen molar-refractivity contribution in [1.82, 2.24) is 5.32 Å². The van der Waals surface area contributed by atoms with Crippen LogP contribution in [0.4, 0.5) is 27.6 Å². The van der Waals surface area contributed by atoms with Gasteiger partial charge in [-0.25, -0.2) is 22.0 Å². The number of rotatable bonds is 8. The quantitative estimate of drug-likeness (QED) is 0.157. The van der Waals surface area contributed by atoms with E-state index in [1.165, 1.54) is 37.4 Å². The van der Waals surface area contributed by atoms with Crippen molar-refractivity contribution in [3.63, 3.8) is 0 Å². The third-order valence-corrected chi connectivity index (χ3v) is 9.72. The van der Waals surface area contributed by atoms with Gasteiger partial charge in [-0.05, 0) is 81.0 Å². The lowest BCUT2D eigenvalue weighted by Gasteiger charge is -2.28. The lowest BCUT2D eigenvalue weighted by molar-refractivity contribution is -0.121. The van der Waals surface area contributed by atoms with E-state index in [0.717, 1.165) is 12.1 Å². The van der Waals surface area contributed by atoms with E-state index in [1.54, 1.807) is 26.8 Å². The van der Waals surface area contributed by atoms with Crippen LogP contribution in [0, 0.1) is 29.4 Å². The van der Waals surface area contributed by atoms with Gasteiger partial charge in [0.15, 0.2) is 0 Å². The standard InChI is InChI=1S/C34H31F5N2O7S/c1-33(2,3)48-32(44)18-7-5-17(6-8-18)22-15-23(26(47-4)16-25(22)36)30(42)41-29-20-10-9-19(13-20)28(29)31(43)40-21-11-12-24(35)27(14-21)49(45,46)34(37,38)39/h5-12,14-16,19-20,28-29H,13H2,1-4H3,(H,40,43)(H,41,42)/t19-,20+,28+,29-/m1/s1. The van der Waals surface area contributed by atoms with Crippen molar-refractivity contribution in [2.24, 2.45) is 17.8 Å². The minimum atomic E-state index is -6.05. The van der Waals surface area contributed by atoms with E-state index < -0.39 is 72.9 Å². The number of carbonyl (C=O) groups excluding carboxylic acids is 3. The summed E-state index contributed by atoms with van der Waals surface area (Å²) in [5.74, 6) is -6.15. The monoisotopic (exact) mass is 706 g/mol. The van der Waals surface area contributed by atoms with Crippen LogP contribution in [-0.4, -0.2) is 50.5 Å². The van der Waals surface area contributed by atoms with Gasteiger partial charge < -0.3 is 20.1 Å². The zero-order valence-electron chi connectivity index (χ0n) is 26.5. The molecule has 3 aromatic carbocycles. The maximum Gasteiger partial charge on any atom is 0.502 e. The summed E-state index contributed by atoms with van der Waals surface area (Å²) in [6.07, 6.45) is 4.03. The SMILES string of the molecule is COc1cc(F)c(-c2ccc(C(=O)OC(C)(C)C)cc2)cc1C(=O)N[C@H]1[C@@H](C(=O)Nc2ccc(F)c(S(=O)(=O)C(F)(F)F)c2)[C@@H]2C=C[C@H]1C2. The molecule has 0 aliphatic heterocycles. The number of amides is 2. The number of hydrogen-bond acceptors (Lipinski definition) is 7. The molecule has 2 aliphatic carbocycles. The van der Waals surface area contributed by atoms with E-state index in [-0.39, 0.29) is 34.3 Å². The van der Waals surface area contributed by atoms with Gasteiger partial charge in [0.1, 0.15) is 27.9 Å². The number of methoxy groups -OCH3 is 1. The minimum Gasteiger partial charge on any atom is -0.496 e. The molecular formula is C34H31F5N2O7S. The van der Waals surface area contributed by atoms with Crippen molar-refractivity contribution in [3.05, 3.63) is 89.5 Å². The molecule has 0 radical (unpaired) electrons. The number of alkyl halides is 3. The fraction of sp³-hybridized carbons (Fsp3) is 0.324.